The summed E-state index contributed by atoms with van der Waals surface area (Å²) in [6.45, 7) is 0. The number of carbonyl (C=O) groups is 1. The van der Waals surface area contributed by atoms with E-state index in [0.717, 1.165) is 0 Å². The number of hydrogen-bond donors (Lipinski definition) is 1. The van der Waals surface area contributed by atoms with Gasteiger partial charge in [0, 0.05) is 7.05 Å². The molecule has 0 rings (SSSR count). The Labute approximate surface area is 49.2 Å². The van der Waals surface area contributed by atoms with Crippen molar-refractivity contribution < 1.29 is 18.0 Å². The number of primary amides is 1. The smallest absolute Gasteiger partial charge is 0.351 e. The fraction of sp³-hybridized carbons (Fsp3) is 0.667. The van der Waals surface area contributed by atoms with E-state index in [9.17, 15) is 18.0 Å². The zero-order valence-electron chi connectivity index (χ0n) is 4.57. The van der Waals surface area contributed by atoms with Gasteiger partial charge in [0.05, 0.1) is 0 Å². The molecular formula is C3H5F3N2O. The van der Waals surface area contributed by atoms with Crippen LogP contribution in [0, 0.1) is 0 Å². The third-order valence-electron chi connectivity index (χ3n) is 0.711. The number of nitrogens with two attached hydrogens (primary N) is 1. The molecule has 0 heterocycles. The largest absolute Gasteiger partial charge is 0.488 e. The Morgan fingerprint density at radius 3 is 1.89 bits per heavy atom. The molecule has 0 unspecified atom stereocenters. The molecule has 0 aromatic rings. The molecule has 6 heteroatoms. The minimum Gasteiger partial charge on any atom is -0.351 e. The number of nitrogens with zero attached hydrogens (tertiary/aromatic N) is 1. The van der Waals surface area contributed by atoms with E-state index in [1.165, 1.54) is 0 Å². The maximum Gasteiger partial charge on any atom is 0.488 e. The molecule has 3 nitrogen and oxygen atoms in total. The third-order valence-corrected chi connectivity index (χ3v) is 0.711. The van der Waals surface area contributed by atoms with Gasteiger partial charge < -0.3 is 5.73 Å². The van der Waals surface area contributed by atoms with Crippen molar-refractivity contribution in [2.45, 2.75) is 6.30 Å². The summed E-state index contributed by atoms with van der Waals surface area (Å²) >= 11 is 0. The summed E-state index contributed by atoms with van der Waals surface area (Å²) in [5.74, 6) is 0. The molecular weight excluding hydrogens is 137 g/mol. The minimum atomic E-state index is -4.66. The molecule has 0 aliphatic heterocycles. The van der Waals surface area contributed by atoms with Gasteiger partial charge in [-0.2, -0.15) is 0 Å². The average molecular weight is 142 g/mol. The molecule has 9 heavy (non-hydrogen) atoms. The van der Waals surface area contributed by atoms with Crippen molar-refractivity contribution in [1.82, 2.24) is 4.90 Å². The van der Waals surface area contributed by atoms with Crippen molar-refractivity contribution in [2.24, 2.45) is 5.73 Å². The Kier molecular flexibility index (Phi) is 1.90. The predicted octanol–water partition coefficient (Wildman–Crippen LogP) is 0.517. The second kappa shape index (κ2) is 2.12. The lowest BCUT2D eigenvalue weighted by Crippen LogP contribution is -2.42. The van der Waals surface area contributed by atoms with Crippen molar-refractivity contribution in [3.8, 4) is 0 Å². The third kappa shape index (κ3) is 2.20. The fourth-order valence-corrected chi connectivity index (χ4v) is 0.125. The number of hydrogen-bond acceptors (Lipinski definition) is 1. The van der Waals surface area contributed by atoms with Crippen molar-refractivity contribution >= 4 is 6.03 Å². The molecule has 2 N–H and O–H groups in total. The van der Waals surface area contributed by atoms with E-state index < -0.39 is 17.2 Å². The molecule has 0 saturated carbocycles. The van der Waals surface area contributed by atoms with Gasteiger partial charge in [0.1, 0.15) is 0 Å². The van der Waals surface area contributed by atoms with Gasteiger partial charge in [0.25, 0.3) is 0 Å². The topological polar surface area (TPSA) is 46.3 Å². The Bertz CT molecular complexity index is 121. The van der Waals surface area contributed by atoms with Crippen LogP contribution in [0.4, 0.5) is 18.0 Å². The maximum atomic E-state index is 11.3. The maximum absolute atomic E-state index is 11.3. The lowest BCUT2D eigenvalue weighted by atomic mass is 10.8. The number of alkyl halides is 3. The first-order valence-corrected chi connectivity index (χ1v) is 1.95. The zero-order chi connectivity index (χ0) is 7.65. The lowest BCUT2D eigenvalue weighted by molar-refractivity contribution is -0.214. The molecule has 0 aliphatic carbocycles. The van der Waals surface area contributed by atoms with Crippen LogP contribution in [0.5, 0.6) is 0 Å². The SMILES string of the molecule is CN(C(N)=O)C(F)(F)F. The van der Waals surface area contributed by atoms with Crippen molar-refractivity contribution in [2.75, 3.05) is 7.05 Å². The van der Waals surface area contributed by atoms with Gasteiger partial charge in [0.15, 0.2) is 0 Å². The fourth-order valence-electron chi connectivity index (χ4n) is 0.125. The second-order valence-corrected chi connectivity index (χ2v) is 1.37. The first kappa shape index (κ1) is 8.06. The number of rotatable bonds is 0. The molecule has 2 amide bonds. The normalized spacial score (nSPS) is 11.1. The lowest BCUT2D eigenvalue weighted by Gasteiger charge is -2.16. The molecule has 0 saturated heterocycles. The van der Waals surface area contributed by atoms with Gasteiger partial charge in [-0.15, -0.1) is 13.2 Å². The molecule has 0 spiro atoms. The number of halogens is 3. The molecule has 0 aromatic carbocycles. The van der Waals surface area contributed by atoms with Gasteiger partial charge in [-0.3, -0.25) is 0 Å². The van der Waals surface area contributed by atoms with Gasteiger partial charge in [-0.05, 0) is 0 Å². The van der Waals surface area contributed by atoms with Crippen molar-refractivity contribution in [3.63, 3.8) is 0 Å². The van der Waals surface area contributed by atoms with Crippen LogP contribution in [-0.2, 0) is 0 Å². The highest BCUT2D eigenvalue weighted by Crippen LogP contribution is 2.17. The first-order valence-electron chi connectivity index (χ1n) is 1.95. The molecule has 0 atom stereocenters. The molecule has 0 aliphatic rings. The second-order valence-electron chi connectivity index (χ2n) is 1.37. The summed E-state index contributed by atoms with van der Waals surface area (Å²) in [5.41, 5.74) is 4.29. The van der Waals surface area contributed by atoms with Crippen LogP contribution < -0.4 is 5.73 Å². The Balaban J connectivity index is 4.04. The highest BCUT2D eigenvalue weighted by atomic mass is 19.4. The van der Waals surface area contributed by atoms with Gasteiger partial charge in [-0.25, -0.2) is 9.69 Å². The summed E-state index contributed by atoms with van der Waals surface area (Å²) in [7, 11) is 0.558. The number of urea groups is 1. The van der Waals surface area contributed by atoms with E-state index in [1.54, 1.807) is 0 Å². The molecule has 0 fully saturated rings. The summed E-state index contributed by atoms with van der Waals surface area (Å²) < 4.78 is 34.0. The van der Waals surface area contributed by atoms with Gasteiger partial charge >= 0.3 is 12.3 Å². The minimum absolute atomic E-state index is 0.507. The van der Waals surface area contributed by atoms with Crippen LogP contribution in [0.15, 0.2) is 0 Å². The molecule has 0 bridgehead atoms. The van der Waals surface area contributed by atoms with E-state index in [0.29, 0.717) is 7.05 Å². The quantitative estimate of drug-likeness (QED) is 0.492. The monoisotopic (exact) mass is 142 g/mol. The van der Waals surface area contributed by atoms with E-state index in [-0.39, 0.29) is 0 Å². The predicted molar refractivity (Wildman–Crippen MR) is 23.4 cm³/mol. The number of amides is 2. The Morgan fingerprint density at radius 1 is 1.56 bits per heavy atom. The molecule has 0 radical (unpaired) electrons. The van der Waals surface area contributed by atoms with Crippen LogP contribution in [-0.4, -0.2) is 24.3 Å². The molecule has 54 valence electrons. The average Bonchev–Trinajstić information content (AvgIpc) is 1.62. The summed E-state index contributed by atoms with van der Waals surface area (Å²) in [6, 6.07) is -1.51. The van der Waals surface area contributed by atoms with E-state index in [1.807, 2.05) is 0 Å². The number of carbonyl (C=O) groups excluding carboxylic acids is 1. The highest BCUT2D eigenvalue weighted by molar-refractivity contribution is 5.71. The van der Waals surface area contributed by atoms with Gasteiger partial charge in [0.2, 0.25) is 0 Å². The Hall–Kier alpha value is -0.940. The van der Waals surface area contributed by atoms with Crippen molar-refractivity contribution in [1.29, 1.82) is 0 Å². The van der Waals surface area contributed by atoms with Crippen molar-refractivity contribution in [3.05, 3.63) is 0 Å². The standard InChI is InChI=1S/C3H5F3N2O/c1-8(2(7)9)3(4,5)6/h1H3,(H2,7,9). The van der Waals surface area contributed by atoms with Crippen LogP contribution in [0.2, 0.25) is 0 Å². The first-order chi connectivity index (χ1) is 3.85. The van der Waals surface area contributed by atoms with Crippen LogP contribution >= 0.6 is 0 Å². The van der Waals surface area contributed by atoms with E-state index in [4.69, 9.17) is 0 Å². The molecule has 0 aromatic heterocycles. The summed E-state index contributed by atoms with van der Waals surface area (Å²) in [4.78, 5) is 9.27. The van der Waals surface area contributed by atoms with Crippen LogP contribution in [0.3, 0.4) is 0 Å². The zero-order valence-corrected chi connectivity index (χ0v) is 4.57. The summed E-state index contributed by atoms with van der Waals surface area (Å²) in [5, 5.41) is 0. The summed E-state index contributed by atoms with van der Waals surface area (Å²) in [6.07, 6.45) is -4.66. The highest BCUT2D eigenvalue weighted by Gasteiger charge is 2.36. The van der Waals surface area contributed by atoms with E-state index >= 15 is 0 Å². The van der Waals surface area contributed by atoms with Gasteiger partial charge in [-0.1, -0.05) is 0 Å². The Morgan fingerprint density at radius 2 is 1.89 bits per heavy atom. The van der Waals surface area contributed by atoms with Crippen LogP contribution in [0.25, 0.3) is 0 Å². The van der Waals surface area contributed by atoms with Crippen LogP contribution in [0.1, 0.15) is 0 Å². The van der Waals surface area contributed by atoms with E-state index in [2.05, 4.69) is 5.73 Å².